The summed E-state index contributed by atoms with van der Waals surface area (Å²) in [5.41, 5.74) is 6.41. The van der Waals surface area contributed by atoms with Gasteiger partial charge in [-0.3, -0.25) is 0 Å². The van der Waals surface area contributed by atoms with Crippen LogP contribution in [0.1, 0.15) is 5.56 Å². The average Bonchev–Trinajstić information content (AvgIpc) is 1.82. The van der Waals surface area contributed by atoms with Gasteiger partial charge in [0.05, 0.1) is 5.69 Å². The molecule has 0 radical (unpaired) electrons. The van der Waals surface area contributed by atoms with Gasteiger partial charge in [-0.25, -0.2) is 0 Å². The number of aryl methyl sites for hydroxylation is 1. The molecule has 4 heteroatoms. The fourth-order valence-electron chi connectivity index (χ4n) is 0.761. The Morgan fingerprint density at radius 2 is 2.00 bits per heavy atom. The summed E-state index contributed by atoms with van der Waals surface area (Å²) in [4.78, 5) is 0. The van der Waals surface area contributed by atoms with E-state index in [1.165, 1.54) is 6.07 Å². The van der Waals surface area contributed by atoms with Crippen molar-refractivity contribution in [2.45, 2.75) is 6.92 Å². The molecule has 0 atom stereocenters. The minimum atomic E-state index is 0. The number of benzene rings is 1. The number of phenolic OH excluding ortho intramolecular Hbond substituents is 1. The maximum atomic E-state index is 9.15. The van der Waals surface area contributed by atoms with Gasteiger partial charge >= 0.3 is 0 Å². The third-order valence-corrected chi connectivity index (χ3v) is 1.51. The Hall–Kier alpha value is -0.600. The van der Waals surface area contributed by atoms with E-state index in [1.807, 2.05) is 0 Å². The van der Waals surface area contributed by atoms with Crippen LogP contribution in [0.5, 0.6) is 5.75 Å². The minimum Gasteiger partial charge on any atom is -0.506 e. The van der Waals surface area contributed by atoms with Crippen LogP contribution >= 0.6 is 24.0 Å². The summed E-state index contributed by atoms with van der Waals surface area (Å²) in [5.74, 6) is 0.115. The third kappa shape index (κ3) is 2.17. The minimum absolute atomic E-state index is 0. The number of phenols is 1. The van der Waals surface area contributed by atoms with Crippen LogP contribution in [0.15, 0.2) is 12.1 Å². The van der Waals surface area contributed by atoms with Crippen molar-refractivity contribution < 1.29 is 5.11 Å². The molecule has 1 aromatic rings. The van der Waals surface area contributed by atoms with Crippen LogP contribution in [0.25, 0.3) is 0 Å². The van der Waals surface area contributed by atoms with Crippen molar-refractivity contribution in [1.29, 1.82) is 0 Å². The highest BCUT2D eigenvalue weighted by molar-refractivity contribution is 6.31. The molecule has 2 nitrogen and oxygen atoms in total. The van der Waals surface area contributed by atoms with Gasteiger partial charge in [-0.05, 0) is 24.6 Å². The lowest BCUT2D eigenvalue weighted by molar-refractivity contribution is 0.474. The zero-order valence-electron chi connectivity index (χ0n) is 5.97. The molecule has 3 N–H and O–H groups in total. The summed E-state index contributed by atoms with van der Waals surface area (Å²) in [6.07, 6.45) is 0. The number of nitrogens with two attached hydrogens (primary N) is 1. The highest BCUT2D eigenvalue weighted by Crippen LogP contribution is 2.27. The van der Waals surface area contributed by atoms with Crippen LogP contribution in [0.4, 0.5) is 5.69 Å². The van der Waals surface area contributed by atoms with Crippen LogP contribution in [0.3, 0.4) is 0 Å². The van der Waals surface area contributed by atoms with Crippen molar-refractivity contribution in [3.63, 3.8) is 0 Å². The van der Waals surface area contributed by atoms with Gasteiger partial charge in [0, 0.05) is 5.02 Å². The molecule has 0 bridgehead atoms. The van der Waals surface area contributed by atoms with Crippen LogP contribution in [-0.2, 0) is 0 Å². The van der Waals surface area contributed by atoms with E-state index in [4.69, 9.17) is 22.4 Å². The van der Waals surface area contributed by atoms with Gasteiger partial charge in [-0.15, -0.1) is 12.4 Å². The van der Waals surface area contributed by atoms with E-state index < -0.39 is 0 Å². The highest BCUT2D eigenvalue weighted by atomic mass is 35.5. The number of nitrogen functional groups attached to an aromatic ring is 1. The topological polar surface area (TPSA) is 46.2 Å². The number of aromatic hydroxyl groups is 1. The predicted octanol–water partition coefficient (Wildman–Crippen LogP) is 2.36. The van der Waals surface area contributed by atoms with Gasteiger partial charge in [0.2, 0.25) is 0 Å². The van der Waals surface area contributed by atoms with E-state index in [1.54, 1.807) is 13.0 Å². The van der Waals surface area contributed by atoms with Crippen molar-refractivity contribution in [3.8, 4) is 5.75 Å². The summed E-state index contributed by atoms with van der Waals surface area (Å²) in [5, 5.41) is 9.70. The van der Waals surface area contributed by atoms with E-state index in [-0.39, 0.29) is 18.2 Å². The lowest BCUT2D eigenvalue weighted by atomic mass is 10.2. The van der Waals surface area contributed by atoms with Crippen molar-refractivity contribution in [2.75, 3.05) is 5.73 Å². The molecule has 0 saturated carbocycles. The molecule has 1 aromatic carbocycles. The molecule has 0 aliphatic carbocycles. The first-order valence-corrected chi connectivity index (χ1v) is 3.23. The third-order valence-electron chi connectivity index (χ3n) is 1.29. The zero-order chi connectivity index (χ0) is 7.72. The zero-order valence-corrected chi connectivity index (χ0v) is 7.54. The summed E-state index contributed by atoms with van der Waals surface area (Å²) < 4.78 is 0. The van der Waals surface area contributed by atoms with Crippen LogP contribution in [0.2, 0.25) is 5.02 Å². The molecule has 0 saturated heterocycles. The molecule has 0 fully saturated rings. The summed E-state index contributed by atoms with van der Waals surface area (Å²) in [6.45, 7) is 1.75. The Labute approximate surface area is 76.4 Å². The van der Waals surface area contributed by atoms with Crippen molar-refractivity contribution in [1.82, 2.24) is 0 Å². The van der Waals surface area contributed by atoms with Gasteiger partial charge < -0.3 is 10.8 Å². The van der Waals surface area contributed by atoms with Gasteiger partial charge in [-0.2, -0.15) is 0 Å². The Bertz CT molecular complexity index is 240. The second-order valence-corrected chi connectivity index (χ2v) is 2.60. The second kappa shape index (κ2) is 3.69. The largest absolute Gasteiger partial charge is 0.506 e. The molecule has 0 amide bonds. The van der Waals surface area contributed by atoms with Crippen LogP contribution in [0, 0.1) is 6.92 Å². The van der Waals surface area contributed by atoms with Crippen LogP contribution < -0.4 is 5.73 Å². The number of rotatable bonds is 0. The fraction of sp³-hybridized carbons (Fsp3) is 0.143. The number of hydrogen-bond donors (Lipinski definition) is 2. The average molecular weight is 194 g/mol. The number of halogens is 2. The Kier molecular flexibility index (Phi) is 3.49. The molecule has 0 unspecified atom stereocenters. The van der Waals surface area contributed by atoms with E-state index in [0.29, 0.717) is 16.3 Å². The standard InChI is InChI=1S/C7H8ClNO.ClH/c1-4-2-5(8)3-6(9)7(4)10;/h2-3,10H,9H2,1H3;1H. The highest BCUT2D eigenvalue weighted by Gasteiger charge is 2.00. The predicted molar refractivity (Wildman–Crippen MR) is 49.5 cm³/mol. The van der Waals surface area contributed by atoms with E-state index >= 15 is 0 Å². The Balaban J connectivity index is 0.000001000. The lowest BCUT2D eigenvalue weighted by Gasteiger charge is -2.01. The van der Waals surface area contributed by atoms with Gasteiger partial charge in [-0.1, -0.05) is 11.6 Å². The molecule has 0 aromatic heterocycles. The molecule has 0 heterocycles. The first kappa shape index (κ1) is 10.4. The summed E-state index contributed by atoms with van der Waals surface area (Å²) in [6, 6.07) is 3.18. The second-order valence-electron chi connectivity index (χ2n) is 2.16. The Morgan fingerprint density at radius 1 is 1.45 bits per heavy atom. The molecule has 1 rings (SSSR count). The maximum Gasteiger partial charge on any atom is 0.141 e. The maximum absolute atomic E-state index is 9.15. The van der Waals surface area contributed by atoms with Crippen molar-refractivity contribution in [3.05, 3.63) is 22.7 Å². The summed E-state index contributed by atoms with van der Waals surface area (Å²) >= 11 is 5.63. The molecule has 0 spiro atoms. The quantitative estimate of drug-likeness (QED) is 0.491. The van der Waals surface area contributed by atoms with E-state index in [2.05, 4.69) is 0 Å². The lowest BCUT2D eigenvalue weighted by Crippen LogP contribution is -1.87. The normalized spacial score (nSPS) is 8.91. The van der Waals surface area contributed by atoms with Gasteiger partial charge in [0.1, 0.15) is 5.75 Å². The van der Waals surface area contributed by atoms with Crippen molar-refractivity contribution >= 4 is 29.7 Å². The molecule has 0 aliphatic rings. The monoisotopic (exact) mass is 193 g/mol. The number of hydrogen-bond acceptors (Lipinski definition) is 2. The number of anilines is 1. The molecule has 11 heavy (non-hydrogen) atoms. The van der Waals surface area contributed by atoms with E-state index in [9.17, 15) is 0 Å². The van der Waals surface area contributed by atoms with Crippen LogP contribution in [-0.4, -0.2) is 5.11 Å². The molecular weight excluding hydrogens is 185 g/mol. The summed E-state index contributed by atoms with van der Waals surface area (Å²) in [7, 11) is 0. The fourth-order valence-corrected chi connectivity index (χ4v) is 1.04. The van der Waals surface area contributed by atoms with Gasteiger partial charge in [0.15, 0.2) is 0 Å². The Morgan fingerprint density at radius 3 is 2.45 bits per heavy atom. The molecule has 0 aliphatic heterocycles. The van der Waals surface area contributed by atoms with Crippen molar-refractivity contribution in [2.24, 2.45) is 0 Å². The first-order chi connectivity index (χ1) is 4.61. The molecule has 62 valence electrons. The van der Waals surface area contributed by atoms with E-state index in [0.717, 1.165) is 0 Å². The SMILES string of the molecule is Cc1cc(Cl)cc(N)c1O.Cl. The first-order valence-electron chi connectivity index (χ1n) is 2.86. The van der Waals surface area contributed by atoms with Gasteiger partial charge in [0.25, 0.3) is 0 Å². The smallest absolute Gasteiger partial charge is 0.141 e. The molecular formula is C7H9Cl2NO.